The van der Waals surface area contributed by atoms with Gasteiger partial charge >= 0.3 is 0 Å². The summed E-state index contributed by atoms with van der Waals surface area (Å²) in [6, 6.07) is 20.6. The number of nitrogens with zero attached hydrogens (tertiary/aromatic N) is 2. The smallest absolute Gasteiger partial charge is 0.223 e. The number of aliphatic hydroxyl groups excluding tert-OH is 1. The Bertz CT molecular complexity index is 836. The van der Waals surface area contributed by atoms with E-state index in [-0.39, 0.29) is 12.5 Å². The molecule has 4 rings (SSSR count). The van der Waals surface area contributed by atoms with Gasteiger partial charge in [-0.15, -0.1) is 0 Å². The predicted octanol–water partition coefficient (Wildman–Crippen LogP) is 2.82. The Kier molecular flexibility index (Phi) is 7.06. The van der Waals surface area contributed by atoms with Crippen LogP contribution >= 0.6 is 0 Å². The zero-order chi connectivity index (χ0) is 21.7. The van der Waals surface area contributed by atoms with E-state index >= 15 is 0 Å². The van der Waals surface area contributed by atoms with Gasteiger partial charge in [0, 0.05) is 19.5 Å². The van der Waals surface area contributed by atoms with E-state index in [1.165, 1.54) is 5.56 Å². The van der Waals surface area contributed by atoms with Crippen molar-refractivity contribution >= 4 is 5.91 Å². The number of carbonyl (C=O) groups is 1. The minimum absolute atomic E-state index is 0.0527. The number of amides is 1. The van der Waals surface area contributed by atoms with Gasteiger partial charge in [0.15, 0.2) is 0 Å². The van der Waals surface area contributed by atoms with E-state index in [2.05, 4.69) is 29.2 Å². The summed E-state index contributed by atoms with van der Waals surface area (Å²) in [6.45, 7) is 2.93. The average Bonchev–Trinajstić information content (AvgIpc) is 2.81. The van der Waals surface area contributed by atoms with Crippen molar-refractivity contribution in [2.45, 2.75) is 49.7 Å². The second-order valence-electron chi connectivity index (χ2n) is 9.17. The molecular formula is C26H34N2O3. The summed E-state index contributed by atoms with van der Waals surface area (Å²) in [5.74, 6) is 0.608. The van der Waals surface area contributed by atoms with Crippen molar-refractivity contribution in [2.75, 3.05) is 32.7 Å². The first-order valence-corrected chi connectivity index (χ1v) is 11.5. The number of rotatable bonds is 6. The molecule has 2 aliphatic heterocycles. The van der Waals surface area contributed by atoms with Crippen LogP contribution in [0.3, 0.4) is 0 Å². The number of piperidine rings is 2. The lowest BCUT2D eigenvalue weighted by atomic mass is 9.86. The van der Waals surface area contributed by atoms with Gasteiger partial charge in [0.1, 0.15) is 5.60 Å². The van der Waals surface area contributed by atoms with Crippen LogP contribution in [0.4, 0.5) is 0 Å². The Morgan fingerprint density at radius 3 is 2.26 bits per heavy atom. The summed E-state index contributed by atoms with van der Waals surface area (Å²) >= 11 is 0. The summed E-state index contributed by atoms with van der Waals surface area (Å²) in [5, 5.41) is 21.9. The molecule has 2 atom stereocenters. The number of benzene rings is 2. The van der Waals surface area contributed by atoms with Crippen LogP contribution in [0.5, 0.6) is 0 Å². The minimum atomic E-state index is -1.26. The van der Waals surface area contributed by atoms with Gasteiger partial charge in [-0.05, 0) is 55.8 Å². The molecule has 2 heterocycles. The van der Waals surface area contributed by atoms with Gasteiger partial charge in [0.05, 0.1) is 12.6 Å². The molecule has 5 heteroatoms. The highest BCUT2D eigenvalue weighted by Crippen LogP contribution is 2.30. The first-order valence-electron chi connectivity index (χ1n) is 11.5. The van der Waals surface area contributed by atoms with Crippen molar-refractivity contribution < 1.29 is 15.0 Å². The molecule has 166 valence electrons. The number of aliphatic hydroxyl groups is 2. The normalized spacial score (nSPS) is 25.5. The van der Waals surface area contributed by atoms with E-state index < -0.39 is 11.7 Å². The Morgan fingerprint density at radius 1 is 0.935 bits per heavy atom. The van der Waals surface area contributed by atoms with Gasteiger partial charge in [-0.25, -0.2) is 0 Å². The molecule has 0 radical (unpaired) electrons. The second-order valence-corrected chi connectivity index (χ2v) is 9.17. The summed E-state index contributed by atoms with van der Waals surface area (Å²) < 4.78 is 0. The largest absolute Gasteiger partial charge is 0.390 e. The van der Waals surface area contributed by atoms with Crippen LogP contribution in [0, 0.1) is 0 Å². The van der Waals surface area contributed by atoms with Crippen molar-refractivity contribution in [3.8, 4) is 0 Å². The second kappa shape index (κ2) is 9.94. The highest BCUT2D eigenvalue weighted by molar-refractivity contribution is 5.76. The molecule has 2 aliphatic rings. The van der Waals surface area contributed by atoms with Crippen molar-refractivity contribution in [3.05, 3.63) is 71.8 Å². The fourth-order valence-electron chi connectivity index (χ4n) is 5.02. The summed E-state index contributed by atoms with van der Waals surface area (Å²) in [7, 11) is 0. The van der Waals surface area contributed by atoms with Crippen LogP contribution in [0.1, 0.15) is 42.7 Å². The molecule has 0 aliphatic carbocycles. The Labute approximate surface area is 185 Å². The van der Waals surface area contributed by atoms with E-state index in [4.69, 9.17) is 0 Å². The third-order valence-corrected chi connectivity index (χ3v) is 6.94. The SMILES string of the molecule is O=C(CCc1ccccc1)N1CC[C@H](O)[C@@](O)(CN2CCC(c3ccccc3)CC2)C1. The highest BCUT2D eigenvalue weighted by atomic mass is 16.3. The van der Waals surface area contributed by atoms with Crippen LogP contribution in [0.25, 0.3) is 0 Å². The fraction of sp³-hybridized carbons (Fsp3) is 0.500. The lowest BCUT2D eigenvalue weighted by Gasteiger charge is -2.46. The van der Waals surface area contributed by atoms with E-state index in [0.717, 1.165) is 31.5 Å². The van der Waals surface area contributed by atoms with E-state index in [1.807, 2.05) is 36.4 Å². The standard InChI is InChI=1S/C26H34N2O3/c29-24-15-18-28(25(30)12-11-21-7-3-1-4-8-21)20-26(24,31)19-27-16-13-23(14-17-27)22-9-5-2-6-10-22/h1-10,23-24,29,31H,11-20H2/t24-,26+/m0/s1. The number of aryl methyl sites for hydroxylation is 1. The molecule has 5 nitrogen and oxygen atoms in total. The Morgan fingerprint density at radius 2 is 1.58 bits per heavy atom. The third kappa shape index (κ3) is 5.53. The fourth-order valence-corrected chi connectivity index (χ4v) is 5.02. The molecule has 0 spiro atoms. The molecule has 0 unspecified atom stereocenters. The molecule has 2 fully saturated rings. The van der Waals surface area contributed by atoms with Crippen molar-refractivity contribution in [2.24, 2.45) is 0 Å². The van der Waals surface area contributed by atoms with Gasteiger partial charge in [-0.1, -0.05) is 60.7 Å². The zero-order valence-corrected chi connectivity index (χ0v) is 18.2. The molecule has 2 saturated heterocycles. The molecule has 2 N–H and O–H groups in total. The summed E-state index contributed by atoms with van der Waals surface area (Å²) in [6.07, 6.45) is 2.86. The number of β-amino-alcohol motifs (C(OH)–C–C–N with tert-alkyl or cyclic N) is 1. The number of likely N-dealkylation sites (tertiary alicyclic amines) is 2. The van der Waals surface area contributed by atoms with Gasteiger partial charge in [0.25, 0.3) is 0 Å². The van der Waals surface area contributed by atoms with Crippen molar-refractivity contribution in [1.82, 2.24) is 9.80 Å². The molecule has 0 aromatic heterocycles. The van der Waals surface area contributed by atoms with Crippen molar-refractivity contribution in [1.29, 1.82) is 0 Å². The van der Waals surface area contributed by atoms with Gasteiger partial charge in [-0.2, -0.15) is 0 Å². The van der Waals surface area contributed by atoms with Gasteiger partial charge in [0.2, 0.25) is 5.91 Å². The van der Waals surface area contributed by atoms with Crippen LogP contribution in [-0.2, 0) is 11.2 Å². The number of hydrogen-bond acceptors (Lipinski definition) is 4. The van der Waals surface area contributed by atoms with Crippen molar-refractivity contribution in [3.63, 3.8) is 0 Å². The predicted molar refractivity (Wildman–Crippen MR) is 122 cm³/mol. The summed E-state index contributed by atoms with van der Waals surface area (Å²) in [5.41, 5.74) is 1.26. The Balaban J connectivity index is 1.30. The topological polar surface area (TPSA) is 64.0 Å². The maximum Gasteiger partial charge on any atom is 0.223 e. The van der Waals surface area contributed by atoms with E-state index in [9.17, 15) is 15.0 Å². The first kappa shape index (κ1) is 22.0. The molecule has 0 bridgehead atoms. The molecular weight excluding hydrogens is 388 g/mol. The molecule has 2 aromatic rings. The number of hydrogen-bond donors (Lipinski definition) is 2. The van der Waals surface area contributed by atoms with Crippen LogP contribution in [0.2, 0.25) is 0 Å². The molecule has 31 heavy (non-hydrogen) atoms. The van der Waals surface area contributed by atoms with E-state index in [0.29, 0.717) is 38.3 Å². The third-order valence-electron chi connectivity index (χ3n) is 6.94. The van der Waals surface area contributed by atoms with Crippen LogP contribution in [0.15, 0.2) is 60.7 Å². The maximum absolute atomic E-state index is 12.8. The minimum Gasteiger partial charge on any atom is -0.390 e. The molecule has 0 saturated carbocycles. The number of carbonyl (C=O) groups excluding carboxylic acids is 1. The van der Waals surface area contributed by atoms with Crippen LogP contribution < -0.4 is 0 Å². The monoisotopic (exact) mass is 422 g/mol. The van der Waals surface area contributed by atoms with Gasteiger partial charge in [-0.3, -0.25) is 4.79 Å². The van der Waals surface area contributed by atoms with Gasteiger partial charge < -0.3 is 20.0 Å². The van der Waals surface area contributed by atoms with Crippen LogP contribution in [-0.4, -0.2) is 70.3 Å². The molecule has 1 amide bonds. The zero-order valence-electron chi connectivity index (χ0n) is 18.2. The first-order chi connectivity index (χ1) is 15.0. The Hall–Kier alpha value is -2.21. The maximum atomic E-state index is 12.8. The quantitative estimate of drug-likeness (QED) is 0.752. The molecule has 2 aromatic carbocycles. The lowest BCUT2D eigenvalue weighted by molar-refractivity contribution is -0.156. The van der Waals surface area contributed by atoms with E-state index in [1.54, 1.807) is 4.90 Å². The lowest BCUT2D eigenvalue weighted by Crippen LogP contribution is -2.63. The average molecular weight is 423 g/mol. The highest BCUT2D eigenvalue weighted by Gasteiger charge is 2.43. The summed E-state index contributed by atoms with van der Waals surface area (Å²) in [4.78, 5) is 16.8.